The monoisotopic (exact) mass is 347 g/mol. The lowest BCUT2D eigenvalue weighted by Crippen LogP contribution is -2.51. The second-order valence-electron chi connectivity index (χ2n) is 5.01. The zero-order valence-electron chi connectivity index (χ0n) is 13.5. The topological polar surface area (TPSA) is 134 Å². The molecule has 0 spiro atoms. The van der Waals surface area contributed by atoms with Crippen molar-refractivity contribution in [1.82, 2.24) is 10.6 Å². The number of hydrogen-bond donors (Lipinski definition) is 2. The van der Waals surface area contributed by atoms with Crippen LogP contribution in [0.25, 0.3) is 6.08 Å². The molecule has 0 radical (unpaired) electrons. The van der Waals surface area contributed by atoms with Crippen molar-refractivity contribution in [2.75, 3.05) is 6.61 Å². The molecule has 0 aromatic heterocycles. The Balaban J connectivity index is 2.33. The maximum Gasteiger partial charge on any atom is 0.328 e. The Kier molecular flexibility index (Phi) is 5.38. The number of carboxylic acids is 1. The van der Waals surface area contributed by atoms with E-state index in [1.165, 1.54) is 31.2 Å². The standard InChI is InChI=1S/C16H16N2O7/c1-3-24-12-7-9(4-5-11(12)25-8(2)15(21)22)6-10-13(19)17-16(23)18-14(10)20/h4-8H,3H2,1-2H3,(H,21,22)(H2,17,18,19,20,23)/p-1/t8-/m1/s1. The summed E-state index contributed by atoms with van der Waals surface area (Å²) in [6.07, 6.45) is 0.0790. The van der Waals surface area contributed by atoms with Crippen LogP contribution >= 0.6 is 0 Å². The Morgan fingerprint density at radius 1 is 1.20 bits per heavy atom. The van der Waals surface area contributed by atoms with E-state index in [4.69, 9.17) is 9.47 Å². The van der Waals surface area contributed by atoms with Crippen molar-refractivity contribution >= 4 is 29.9 Å². The van der Waals surface area contributed by atoms with Crippen LogP contribution in [0, 0.1) is 0 Å². The molecule has 0 bridgehead atoms. The van der Waals surface area contributed by atoms with Gasteiger partial charge in [-0.25, -0.2) is 4.79 Å². The van der Waals surface area contributed by atoms with Crippen LogP contribution in [0.2, 0.25) is 0 Å². The van der Waals surface area contributed by atoms with Gasteiger partial charge in [-0.3, -0.25) is 20.2 Å². The number of carbonyl (C=O) groups excluding carboxylic acids is 4. The predicted octanol–water partition coefficient (Wildman–Crippen LogP) is -0.648. The summed E-state index contributed by atoms with van der Waals surface area (Å²) in [4.78, 5) is 45.3. The van der Waals surface area contributed by atoms with E-state index in [0.29, 0.717) is 5.56 Å². The second kappa shape index (κ2) is 7.47. The highest BCUT2D eigenvalue weighted by atomic mass is 16.5. The molecule has 25 heavy (non-hydrogen) atoms. The molecule has 132 valence electrons. The van der Waals surface area contributed by atoms with Gasteiger partial charge >= 0.3 is 6.03 Å². The van der Waals surface area contributed by atoms with E-state index >= 15 is 0 Å². The number of ether oxygens (including phenoxy) is 2. The van der Waals surface area contributed by atoms with E-state index in [1.54, 1.807) is 6.92 Å². The Morgan fingerprint density at radius 2 is 1.84 bits per heavy atom. The molecule has 1 aliphatic rings. The lowest BCUT2D eigenvalue weighted by atomic mass is 10.1. The van der Waals surface area contributed by atoms with Gasteiger partial charge in [0.15, 0.2) is 11.5 Å². The zero-order valence-corrected chi connectivity index (χ0v) is 13.5. The number of rotatable bonds is 6. The molecule has 1 aliphatic heterocycles. The van der Waals surface area contributed by atoms with Crippen molar-refractivity contribution in [1.29, 1.82) is 0 Å². The number of aliphatic carboxylic acids is 1. The number of carbonyl (C=O) groups is 4. The van der Waals surface area contributed by atoms with Crippen molar-refractivity contribution in [3.63, 3.8) is 0 Å². The number of carboxylic acid groups (broad SMARTS) is 1. The van der Waals surface area contributed by atoms with Gasteiger partial charge in [-0.2, -0.15) is 0 Å². The molecule has 1 aromatic carbocycles. The molecule has 2 rings (SSSR count). The summed E-state index contributed by atoms with van der Waals surface area (Å²) in [5, 5.41) is 14.7. The summed E-state index contributed by atoms with van der Waals surface area (Å²) in [5.41, 5.74) is 0.172. The molecule has 9 heteroatoms. The number of hydrogen-bond acceptors (Lipinski definition) is 7. The molecule has 9 nitrogen and oxygen atoms in total. The molecular weight excluding hydrogens is 332 g/mol. The molecular formula is C16H15N2O7-. The molecule has 0 saturated carbocycles. The number of imide groups is 2. The second-order valence-corrected chi connectivity index (χ2v) is 5.01. The quantitative estimate of drug-likeness (QED) is 0.516. The minimum Gasteiger partial charge on any atom is -0.546 e. The number of barbiturate groups is 1. The van der Waals surface area contributed by atoms with Crippen molar-refractivity contribution in [2.24, 2.45) is 0 Å². The van der Waals surface area contributed by atoms with Crippen LogP contribution in [0.1, 0.15) is 19.4 Å². The first-order valence-corrected chi connectivity index (χ1v) is 7.34. The van der Waals surface area contributed by atoms with Crippen molar-refractivity contribution in [3.05, 3.63) is 29.3 Å². The first-order chi connectivity index (χ1) is 11.8. The number of urea groups is 1. The number of nitrogens with one attached hydrogen (secondary N) is 2. The fraction of sp³-hybridized carbons (Fsp3) is 0.250. The van der Waals surface area contributed by atoms with E-state index in [2.05, 4.69) is 0 Å². The van der Waals surface area contributed by atoms with Gasteiger partial charge in [0.2, 0.25) is 0 Å². The summed E-state index contributed by atoms with van der Waals surface area (Å²) in [6.45, 7) is 3.32. The minimum absolute atomic E-state index is 0.174. The van der Waals surface area contributed by atoms with Crippen LogP contribution in [-0.2, 0) is 14.4 Å². The third-order valence-electron chi connectivity index (χ3n) is 3.16. The summed E-state index contributed by atoms with van der Waals surface area (Å²) in [6, 6.07) is 3.54. The zero-order chi connectivity index (χ0) is 18.6. The smallest absolute Gasteiger partial charge is 0.328 e. The minimum atomic E-state index is -1.38. The summed E-state index contributed by atoms with van der Waals surface area (Å²) in [7, 11) is 0. The lowest BCUT2D eigenvalue weighted by molar-refractivity contribution is -0.312. The third kappa shape index (κ3) is 4.34. The van der Waals surface area contributed by atoms with Gasteiger partial charge in [0.25, 0.3) is 11.8 Å². The van der Waals surface area contributed by atoms with Gasteiger partial charge in [0, 0.05) is 0 Å². The van der Waals surface area contributed by atoms with Crippen LogP contribution in [0.3, 0.4) is 0 Å². The third-order valence-corrected chi connectivity index (χ3v) is 3.16. The normalized spacial score (nSPS) is 15.1. The molecule has 1 fully saturated rings. The van der Waals surface area contributed by atoms with E-state index in [-0.39, 0.29) is 23.7 Å². The van der Waals surface area contributed by atoms with Gasteiger partial charge in [-0.05, 0) is 37.6 Å². The van der Waals surface area contributed by atoms with Gasteiger partial charge in [0.05, 0.1) is 12.6 Å². The van der Waals surface area contributed by atoms with Crippen molar-refractivity contribution in [2.45, 2.75) is 20.0 Å². The van der Waals surface area contributed by atoms with Crippen molar-refractivity contribution < 1.29 is 33.8 Å². The Morgan fingerprint density at radius 3 is 2.40 bits per heavy atom. The van der Waals surface area contributed by atoms with Gasteiger partial charge < -0.3 is 19.4 Å². The lowest BCUT2D eigenvalue weighted by Gasteiger charge is -2.18. The first-order valence-electron chi connectivity index (χ1n) is 7.34. The molecule has 1 atom stereocenters. The molecule has 0 unspecified atom stereocenters. The van der Waals surface area contributed by atoms with Crippen LogP contribution in [0.4, 0.5) is 4.79 Å². The van der Waals surface area contributed by atoms with Gasteiger partial charge in [0.1, 0.15) is 11.7 Å². The average molecular weight is 347 g/mol. The maximum atomic E-state index is 11.7. The van der Waals surface area contributed by atoms with Crippen LogP contribution < -0.4 is 25.2 Å². The summed E-state index contributed by atoms with van der Waals surface area (Å²) < 4.78 is 10.6. The average Bonchev–Trinajstić information content (AvgIpc) is 2.53. The summed E-state index contributed by atoms with van der Waals surface area (Å²) in [5.74, 6) is -2.62. The predicted molar refractivity (Wildman–Crippen MR) is 82.4 cm³/mol. The molecule has 1 saturated heterocycles. The Bertz CT molecular complexity index is 748. The molecule has 1 heterocycles. The van der Waals surface area contributed by atoms with Crippen LogP contribution in [0.5, 0.6) is 11.5 Å². The molecule has 2 N–H and O–H groups in total. The van der Waals surface area contributed by atoms with Gasteiger partial charge in [-0.15, -0.1) is 0 Å². The molecule has 1 aromatic rings. The fourth-order valence-corrected chi connectivity index (χ4v) is 1.99. The van der Waals surface area contributed by atoms with E-state index < -0.39 is 29.9 Å². The molecule has 4 amide bonds. The Hall–Kier alpha value is -3.36. The highest BCUT2D eigenvalue weighted by Gasteiger charge is 2.27. The van der Waals surface area contributed by atoms with Gasteiger partial charge in [-0.1, -0.05) is 6.07 Å². The fourth-order valence-electron chi connectivity index (χ4n) is 1.99. The highest BCUT2D eigenvalue weighted by molar-refractivity contribution is 6.31. The Labute approximate surface area is 142 Å². The van der Waals surface area contributed by atoms with E-state index in [9.17, 15) is 24.3 Å². The van der Waals surface area contributed by atoms with Crippen LogP contribution in [0.15, 0.2) is 23.8 Å². The largest absolute Gasteiger partial charge is 0.546 e. The number of benzene rings is 1. The van der Waals surface area contributed by atoms with Crippen LogP contribution in [-0.4, -0.2) is 36.5 Å². The first kappa shape index (κ1) is 18.0. The SMILES string of the molecule is CCOc1cc(C=C2C(=O)NC(=O)NC2=O)ccc1O[C@H](C)C(=O)[O-]. The highest BCUT2D eigenvalue weighted by Crippen LogP contribution is 2.30. The van der Waals surface area contributed by atoms with E-state index in [0.717, 1.165) is 0 Å². The summed E-state index contributed by atoms with van der Waals surface area (Å²) >= 11 is 0. The maximum absolute atomic E-state index is 11.7. The number of amides is 4. The van der Waals surface area contributed by atoms with E-state index in [1.807, 2.05) is 10.6 Å². The van der Waals surface area contributed by atoms with Crippen molar-refractivity contribution in [3.8, 4) is 11.5 Å². The molecule has 0 aliphatic carbocycles.